The van der Waals surface area contributed by atoms with Gasteiger partial charge in [0.05, 0.1) is 6.10 Å². The third kappa shape index (κ3) is 3.32. The predicted molar refractivity (Wildman–Crippen MR) is 71.8 cm³/mol. The van der Waals surface area contributed by atoms with Gasteiger partial charge in [0, 0.05) is 31.9 Å². The van der Waals surface area contributed by atoms with Gasteiger partial charge < -0.3 is 15.4 Å². The molecule has 0 atom stereocenters. The molecule has 0 aliphatic heterocycles. The van der Waals surface area contributed by atoms with Gasteiger partial charge in [-0.3, -0.25) is 0 Å². The third-order valence-corrected chi connectivity index (χ3v) is 3.12. The van der Waals surface area contributed by atoms with Crippen LogP contribution in [0.3, 0.4) is 0 Å². The number of aromatic nitrogens is 2. The molecule has 1 fully saturated rings. The van der Waals surface area contributed by atoms with Crippen molar-refractivity contribution in [2.75, 3.05) is 18.5 Å². The Morgan fingerprint density at radius 1 is 1.50 bits per heavy atom. The maximum Gasteiger partial charge on any atom is 0.228 e. The predicted octanol–water partition coefficient (Wildman–Crippen LogP) is 1.44. The monoisotopic (exact) mass is 250 g/mol. The summed E-state index contributed by atoms with van der Waals surface area (Å²) in [4.78, 5) is 10.8. The largest absolute Gasteiger partial charge is 0.475 e. The highest BCUT2D eigenvalue weighted by molar-refractivity contribution is 5.31. The van der Waals surface area contributed by atoms with Crippen LogP contribution in [0.15, 0.2) is 12.3 Å². The summed E-state index contributed by atoms with van der Waals surface area (Å²) in [5, 5.41) is 0. The Bertz CT molecular complexity index is 390. The quantitative estimate of drug-likeness (QED) is 0.856. The van der Waals surface area contributed by atoms with E-state index < -0.39 is 0 Å². The average Bonchev–Trinajstić information content (AvgIpc) is 2.26. The number of rotatable bonds is 5. The summed E-state index contributed by atoms with van der Waals surface area (Å²) in [5.41, 5.74) is 5.79. The first-order chi connectivity index (χ1) is 8.54. The summed E-state index contributed by atoms with van der Waals surface area (Å²) in [7, 11) is 2.01. The normalized spacial score (nSPS) is 22.7. The van der Waals surface area contributed by atoms with E-state index in [1.807, 2.05) is 20.9 Å². The molecule has 0 unspecified atom stereocenters. The maximum atomic E-state index is 5.79. The number of nitrogens with two attached hydrogens (primary N) is 1. The number of ether oxygens (including phenoxy) is 1. The molecule has 2 N–H and O–H groups in total. The molecule has 0 aromatic carbocycles. The van der Waals surface area contributed by atoms with E-state index >= 15 is 0 Å². The molecule has 0 saturated heterocycles. The van der Waals surface area contributed by atoms with E-state index in [9.17, 15) is 0 Å². The molecule has 0 spiro atoms. The number of hydrogen-bond acceptors (Lipinski definition) is 5. The molecule has 2 rings (SSSR count). The Balaban J connectivity index is 1.94. The fourth-order valence-corrected chi connectivity index (χ4v) is 2.23. The summed E-state index contributed by atoms with van der Waals surface area (Å²) in [6.07, 6.45) is 4.07. The molecule has 18 heavy (non-hydrogen) atoms. The molecule has 0 radical (unpaired) electrons. The second kappa shape index (κ2) is 5.52. The van der Waals surface area contributed by atoms with Crippen LogP contribution in [0.4, 0.5) is 5.95 Å². The maximum absolute atomic E-state index is 5.79. The van der Waals surface area contributed by atoms with E-state index in [1.54, 1.807) is 12.3 Å². The van der Waals surface area contributed by atoms with Crippen molar-refractivity contribution in [1.29, 1.82) is 0 Å². The third-order valence-electron chi connectivity index (χ3n) is 3.12. The summed E-state index contributed by atoms with van der Waals surface area (Å²) in [5.74, 6) is 2.02. The van der Waals surface area contributed by atoms with Crippen molar-refractivity contribution in [3.8, 4) is 5.88 Å². The van der Waals surface area contributed by atoms with Crippen molar-refractivity contribution in [3.63, 3.8) is 0 Å². The van der Waals surface area contributed by atoms with Gasteiger partial charge in [-0.25, -0.2) is 4.98 Å². The van der Waals surface area contributed by atoms with Crippen molar-refractivity contribution in [2.24, 2.45) is 11.7 Å². The van der Waals surface area contributed by atoms with Crippen molar-refractivity contribution in [3.05, 3.63) is 12.3 Å². The van der Waals surface area contributed by atoms with Crippen LogP contribution in [-0.4, -0.2) is 35.7 Å². The summed E-state index contributed by atoms with van der Waals surface area (Å²) >= 11 is 0. The molecule has 1 aromatic heterocycles. The van der Waals surface area contributed by atoms with Crippen molar-refractivity contribution >= 4 is 5.95 Å². The molecule has 0 amide bonds. The molecule has 1 heterocycles. The number of anilines is 1. The molecular weight excluding hydrogens is 228 g/mol. The van der Waals surface area contributed by atoms with Crippen LogP contribution in [0.2, 0.25) is 0 Å². The Kier molecular flexibility index (Phi) is 4.01. The molecule has 1 saturated carbocycles. The molecule has 1 aliphatic rings. The van der Waals surface area contributed by atoms with Crippen LogP contribution in [-0.2, 0) is 0 Å². The highest BCUT2D eigenvalue weighted by Crippen LogP contribution is 2.27. The van der Waals surface area contributed by atoms with E-state index in [1.165, 1.54) is 0 Å². The Morgan fingerprint density at radius 3 is 2.83 bits per heavy atom. The van der Waals surface area contributed by atoms with Gasteiger partial charge in [0.2, 0.25) is 11.8 Å². The van der Waals surface area contributed by atoms with Crippen LogP contribution in [0.5, 0.6) is 5.88 Å². The standard InChI is InChI=1S/C13H22N4O/c1-9(2)18-12-4-5-15-13(16-12)17(3)8-10-6-11(14)7-10/h4-5,9-11H,6-8,14H2,1-3H3. The minimum absolute atomic E-state index is 0.127. The highest BCUT2D eigenvalue weighted by atomic mass is 16.5. The highest BCUT2D eigenvalue weighted by Gasteiger charge is 2.27. The van der Waals surface area contributed by atoms with Gasteiger partial charge in [-0.1, -0.05) is 0 Å². The van der Waals surface area contributed by atoms with Crippen LogP contribution in [0.25, 0.3) is 0 Å². The van der Waals surface area contributed by atoms with Crippen LogP contribution < -0.4 is 15.4 Å². The van der Waals surface area contributed by atoms with Gasteiger partial charge in [-0.2, -0.15) is 4.98 Å². The molecule has 1 aliphatic carbocycles. The van der Waals surface area contributed by atoms with E-state index in [2.05, 4.69) is 14.9 Å². The van der Waals surface area contributed by atoms with Gasteiger partial charge in [0.1, 0.15) is 0 Å². The lowest BCUT2D eigenvalue weighted by atomic mass is 9.81. The average molecular weight is 250 g/mol. The van der Waals surface area contributed by atoms with Crippen molar-refractivity contribution in [2.45, 2.75) is 38.8 Å². The summed E-state index contributed by atoms with van der Waals surface area (Å²) in [6, 6.07) is 2.18. The van der Waals surface area contributed by atoms with E-state index in [4.69, 9.17) is 10.5 Å². The minimum atomic E-state index is 0.127. The minimum Gasteiger partial charge on any atom is -0.475 e. The fraction of sp³-hybridized carbons (Fsp3) is 0.692. The van der Waals surface area contributed by atoms with Crippen LogP contribution in [0, 0.1) is 5.92 Å². The Hall–Kier alpha value is -1.36. The van der Waals surface area contributed by atoms with E-state index in [0.717, 1.165) is 19.4 Å². The second-order valence-electron chi connectivity index (χ2n) is 5.34. The Labute approximate surface area is 108 Å². The number of nitrogens with zero attached hydrogens (tertiary/aromatic N) is 3. The van der Waals surface area contributed by atoms with Gasteiger partial charge in [-0.05, 0) is 32.6 Å². The SMILES string of the molecule is CC(C)Oc1ccnc(N(C)CC2CC(N)C2)n1. The molecule has 0 bridgehead atoms. The fourth-order valence-electron chi connectivity index (χ4n) is 2.23. The second-order valence-corrected chi connectivity index (χ2v) is 5.34. The van der Waals surface area contributed by atoms with Gasteiger partial charge in [0.25, 0.3) is 0 Å². The first kappa shape index (κ1) is 13.1. The molecule has 1 aromatic rings. The van der Waals surface area contributed by atoms with Gasteiger partial charge in [-0.15, -0.1) is 0 Å². The van der Waals surface area contributed by atoms with Gasteiger partial charge in [0.15, 0.2) is 0 Å². The van der Waals surface area contributed by atoms with Crippen LogP contribution in [0.1, 0.15) is 26.7 Å². The van der Waals surface area contributed by atoms with Crippen LogP contribution >= 0.6 is 0 Å². The molecule has 5 nitrogen and oxygen atoms in total. The molecular formula is C13H22N4O. The smallest absolute Gasteiger partial charge is 0.228 e. The molecule has 100 valence electrons. The molecule has 5 heteroatoms. The lowest BCUT2D eigenvalue weighted by molar-refractivity contribution is 0.232. The van der Waals surface area contributed by atoms with Crippen molar-refractivity contribution < 1.29 is 4.74 Å². The van der Waals surface area contributed by atoms with Crippen molar-refractivity contribution in [1.82, 2.24) is 9.97 Å². The lowest BCUT2D eigenvalue weighted by Crippen LogP contribution is -2.42. The zero-order chi connectivity index (χ0) is 13.1. The summed E-state index contributed by atoms with van der Waals surface area (Å²) in [6.45, 7) is 4.93. The first-order valence-corrected chi connectivity index (χ1v) is 6.51. The van der Waals surface area contributed by atoms with E-state index in [0.29, 0.717) is 23.8 Å². The summed E-state index contributed by atoms with van der Waals surface area (Å²) < 4.78 is 5.57. The number of hydrogen-bond donors (Lipinski definition) is 1. The first-order valence-electron chi connectivity index (χ1n) is 6.51. The van der Waals surface area contributed by atoms with Gasteiger partial charge >= 0.3 is 0 Å². The lowest BCUT2D eigenvalue weighted by Gasteiger charge is -2.35. The zero-order valence-electron chi connectivity index (χ0n) is 11.3. The Morgan fingerprint density at radius 2 is 2.22 bits per heavy atom. The topological polar surface area (TPSA) is 64.3 Å². The zero-order valence-corrected chi connectivity index (χ0v) is 11.3. The van der Waals surface area contributed by atoms with E-state index in [-0.39, 0.29) is 6.10 Å².